The fraction of sp³-hybridized carbons (Fsp3) is 0.800. The Balaban J connectivity index is 3.46. The molecular formula is C5H8BrClO. The summed E-state index contributed by atoms with van der Waals surface area (Å²) in [6.07, 6.45) is 0. The van der Waals surface area contributed by atoms with Gasteiger partial charge in [-0.15, -0.1) is 11.6 Å². The molecule has 0 amide bonds. The summed E-state index contributed by atoms with van der Waals surface area (Å²) in [7, 11) is 0. The Morgan fingerprint density at radius 1 is 1.88 bits per heavy atom. The number of hydrogen-bond acceptors (Lipinski definition) is 1. The lowest BCUT2D eigenvalue weighted by Crippen LogP contribution is -2.12. The van der Waals surface area contributed by atoms with E-state index < -0.39 is 0 Å². The van der Waals surface area contributed by atoms with E-state index in [4.69, 9.17) is 11.6 Å². The van der Waals surface area contributed by atoms with Gasteiger partial charge in [0.1, 0.15) is 5.78 Å². The van der Waals surface area contributed by atoms with E-state index in [-0.39, 0.29) is 11.7 Å². The lowest BCUT2D eigenvalue weighted by molar-refractivity contribution is -0.119. The molecule has 0 aliphatic rings. The van der Waals surface area contributed by atoms with Crippen LogP contribution in [0, 0.1) is 5.92 Å². The minimum absolute atomic E-state index is 0.00367. The smallest absolute Gasteiger partial charge is 0.147 e. The van der Waals surface area contributed by atoms with Crippen molar-refractivity contribution in [3.8, 4) is 0 Å². The van der Waals surface area contributed by atoms with Crippen molar-refractivity contribution in [1.29, 1.82) is 0 Å². The number of alkyl halides is 2. The summed E-state index contributed by atoms with van der Waals surface area (Å²) in [6.45, 7) is 1.82. The second-order valence-corrected chi connectivity index (χ2v) is 2.52. The Kier molecular flexibility index (Phi) is 4.57. The van der Waals surface area contributed by atoms with Crippen LogP contribution in [-0.4, -0.2) is 17.0 Å². The first-order chi connectivity index (χ1) is 3.72. The van der Waals surface area contributed by atoms with Crippen LogP contribution in [0.25, 0.3) is 0 Å². The number of hydrogen-bond donors (Lipinski definition) is 0. The standard InChI is InChI=1S/C5H8BrClO/c1-4(3-7)5(8)2-6/h4H,2-3H2,1H3. The Labute approximate surface area is 62.5 Å². The first kappa shape index (κ1) is 8.44. The van der Waals surface area contributed by atoms with Crippen LogP contribution < -0.4 is 0 Å². The highest BCUT2D eigenvalue weighted by atomic mass is 79.9. The predicted octanol–water partition coefficient (Wildman–Crippen LogP) is 1.83. The SMILES string of the molecule is CC(CCl)C(=O)CBr. The topological polar surface area (TPSA) is 17.1 Å². The maximum atomic E-state index is 10.6. The lowest BCUT2D eigenvalue weighted by atomic mass is 10.1. The fourth-order valence-corrected chi connectivity index (χ4v) is 0.943. The van der Waals surface area contributed by atoms with Crippen LogP contribution >= 0.6 is 27.5 Å². The minimum atomic E-state index is -0.00367. The van der Waals surface area contributed by atoms with Crippen LogP contribution in [0.1, 0.15) is 6.92 Å². The zero-order valence-electron chi connectivity index (χ0n) is 4.66. The molecule has 0 N–H and O–H groups in total. The number of Topliss-reactive ketones (excluding diaryl/α,β-unsaturated/α-hetero) is 1. The maximum absolute atomic E-state index is 10.6. The van der Waals surface area contributed by atoms with Gasteiger partial charge in [-0.3, -0.25) is 4.79 Å². The molecule has 0 fully saturated rings. The summed E-state index contributed by atoms with van der Waals surface area (Å²) >= 11 is 8.43. The van der Waals surface area contributed by atoms with Crippen LogP contribution in [0.3, 0.4) is 0 Å². The number of ketones is 1. The molecular weight excluding hydrogens is 191 g/mol. The largest absolute Gasteiger partial charge is 0.298 e. The fourth-order valence-electron chi connectivity index (χ4n) is 0.218. The van der Waals surface area contributed by atoms with Gasteiger partial charge in [0.2, 0.25) is 0 Å². The van der Waals surface area contributed by atoms with E-state index >= 15 is 0 Å². The monoisotopic (exact) mass is 198 g/mol. The molecule has 3 heteroatoms. The van der Waals surface area contributed by atoms with Crippen LogP contribution in [0.5, 0.6) is 0 Å². The van der Waals surface area contributed by atoms with Crippen molar-refractivity contribution in [2.75, 3.05) is 11.2 Å². The predicted molar refractivity (Wildman–Crippen MR) is 38.7 cm³/mol. The molecule has 0 aromatic carbocycles. The number of rotatable bonds is 3. The van der Waals surface area contributed by atoms with E-state index in [9.17, 15) is 4.79 Å². The first-order valence-corrected chi connectivity index (χ1v) is 4.02. The third kappa shape index (κ3) is 2.68. The highest BCUT2D eigenvalue weighted by Crippen LogP contribution is 2.01. The zero-order valence-corrected chi connectivity index (χ0v) is 7.00. The molecule has 8 heavy (non-hydrogen) atoms. The highest BCUT2D eigenvalue weighted by Gasteiger charge is 2.07. The molecule has 48 valence electrons. The molecule has 0 heterocycles. The molecule has 1 nitrogen and oxygen atoms in total. The molecule has 0 aliphatic carbocycles. The van der Waals surface area contributed by atoms with E-state index in [1.54, 1.807) is 0 Å². The molecule has 1 unspecified atom stereocenters. The summed E-state index contributed by atoms with van der Waals surface area (Å²) in [5, 5.41) is 0.418. The van der Waals surface area contributed by atoms with Crippen molar-refractivity contribution >= 4 is 33.3 Å². The molecule has 0 saturated heterocycles. The summed E-state index contributed by atoms with van der Waals surface area (Å²) in [5.74, 6) is 0.584. The zero-order chi connectivity index (χ0) is 6.57. The second-order valence-electron chi connectivity index (χ2n) is 1.66. The maximum Gasteiger partial charge on any atom is 0.147 e. The molecule has 0 aromatic heterocycles. The summed E-state index contributed by atoms with van der Waals surface area (Å²) in [4.78, 5) is 10.6. The molecule has 0 bridgehead atoms. The molecule has 0 aromatic rings. The van der Waals surface area contributed by atoms with E-state index in [1.807, 2.05) is 6.92 Å². The quantitative estimate of drug-likeness (QED) is 0.634. The minimum Gasteiger partial charge on any atom is -0.298 e. The second kappa shape index (κ2) is 4.33. The van der Waals surface area contributed by atoms with E-state index in [0.29, 0.717) is 11.2 Å². The van der Waals surface area contributed by atoms with Gasteiger partial charge in [0.25, 0.3) is 0 Å². The third-order valence-corrected chi connectivity index (χ3v) is 1.93. The lowest BCUT2D eigenvalue weighted by Gasteiger charge is -1.99. The number of carbonyl (C=O) groups excluding carboxylic acids is 1. The summed E-state index contributed by atoms with van der Waals surface area (Å²) in [6, 6.07) is 0. The van der Waals surface area contributed by atoms with Gasteiger partial charge in [0.15, 0.2) is 0 Å². The first-order valence-electron chi connectivity index (χ1n) is 2.37. The average Bonchev–Trinajstić information content (AvgIpc) is 1.84. The van der Waals surface area contributed by atoms with E-state index in [1.165, 1.54) is 0 Å². The van der Waals surface area contributed by atoms with Gasteiger partial charge in [-0.2, -0.15) is 0 Å². The van der Waals surface area contributed by atoms with Gasteiger partial charge in [-0.1, -0.05) is 22.9 Å². The average molecular weight is 199 g/mol. The molecule has 0 radical (unpaired) electrons. The third-order valence-electron chi connectivity index (χ3n) is 0.913. The van der Waals surface area contributed by atoms with Gasteiger partial charge < -0.3 is 0 Å². The Morgan fingerprint density at radius 2 is 2.38 bits per heavy atom. The van der Waals surface area contributed by atoms with Gasteiger partial charge in [-0.25, -0.2) is 0 Å². The van der Waals surface area contributed by atoms with Gasteiger partial charge in [0, 0.05) is 11.8 Å². The molecule has 0 saturated carbocycles. The number of halogens is 2. The Morgan fingerprint density at radius 3 is 2.50 bits per heavy atom. The van der Waals surface area contributed by atoms with Crippen molar-refractivity contribution in [2.45, 2.75) is 6.92 Å². The van der Waals surface area contributed by atoms with Crippen molar-refractivity contribution < 1.29 is 4.79 Å². The van der Waals surface area contributed by atoms with Gasteiger partial charge in [0.05, 0.1) is 5.33 Å². The normalized spacial score (nSPS) is 13.4. The molecule has 0 aliphatic heterocycles. The van der Waals surface area contributed by atoms with Crippen LogP contribution in [0.4, 0.5) is 0 Å². The Bertz CT molecular complexity index is 84.5. The van der Waals surface area contributed by atoms with E-state index in [0.717, 1.165) is 0 Å². The van der Waals surface area contributed by atoms with Crippen LogP contribution in [0.2, 0.25) is 0 Å². The van der Waals surface area contributed by atoms with Gasteiger partial charge in [-0.05, 0) is 0 Å². The highest BCUT2D eigenvalue weighted by molar-refractivity contribution is 9.09. The van der Waals surface area contributed by atoms with Gasteiger partial charge >= 0.3 is 0 Å². The van der Waals surface area contributed by atoms with Crippen LogP contribution in [0.15, 0.2) is 0 Å². The van der Waals surface area contributed by atoms with E-state index in [2.05, 4.69) is 15.9 Å². The molecule has 0 rings (SSSR count). The van der Waals surface area contributed by atoms with Crippen LogP contribution in [-0.2, 0) is 4.79 Å². The number of carbonyl (C=O) groups is 1. The van der Waals surface area contributed by atoms with Crippen molar-refractivity contribution in [3.05, 3.63) is 0 Å². The summed E-state index contributed by atoms with van der Waals surface area (Å²) in [5.41, 5.74) is 0. The molecule has 0 spiro atoms. The van der Waals surface area contributed by atoms with Crippen molar-refractivity contribution in [1.82, 2.24) is 0 Å². The Hall–Kier alpha value is 0.440. The summed E-state index contributed by atoms with van der Waals surface area (Å²) < 4.78 is 0. The van der Waals surface area contributed by atoms with Crippen molar-refractivity contribution in [3.63, 3.8) is 0 Å². The van der Waals surface area contributed by atoms with Crippen molar-refractivity contribution in [2.24, 2.45) is 5.92 Å². The molecule has 1 atom stereocenters.